The molecule has 6 N–H and O–H groups in total. The number of phosphoric acid groups is 1. The summed E-state index contributed by atoms with van der Waals surface area (Å²) in [5.74, 6) is -2.06. The van der Waals surface area contributed by atoms with Gasteiger partial charge in [-0.05, 0) is 25.7 Å². The van der Waals surface area contributed by atoms with Gasteiger partial charge in [-0.2, -0.15) is 0 Å². The lowest BCUT2D eigenvalue weighted by atomic mass is 9.96. The van der Waals surface area contributed by atoms with Crippen LogP contribution in [0.1, 0.15) is 226 Å². The Morgan fingerprint density at radius 3 is 1.52 bits per heavy atom. The van der Waals surface area contributed by atoms with Gasteiger partial charge in [-0.15, -0.1) is 0 Å². The number of phosphoric ester groups is 1. The maximum Gasteiger partial charge on any atom is 0.470 e. The molecule has 0 aromatic rings. The molecule has 14 nitrogen and oxygen atoms in total. The first kappa shape index (κ1) is 57.4. The Kier molecular flexibility index (Phi) is 34.5. The minimum Gasteiger partial charge on any atom is -0.462 e. The van der Waals surface area contributed by atoms with Crippen molar-refractivity contribution in [2.45, 2.75) is 269 Å². The largest absolute Gasteiger partial charge is 0.470 e. The third kappa shape index (κ3) is 30.2. The summed E-state index contributed by atoms with van der Waals surface area (Å²) in [6.45, 7) is 5.70. The normalized spacial score (nSPS) is 20.3. The zero-order chi connectivity index (χ0) is 45.1. The summed E-state index contributed by atoms with van der Waals surface area (Å²) >= 11 is 0. The maximum absolute atomic E-state index is 13.7. The van der Waals surface area contributed by atoms with E-state index in [-0.39, 0.29) is 12.8 Å². The molecule has 1 aliphatic rings. The van der Waals surface area contributed by atoms with Gasteiger partial charge in [0.15, 0.2) is 12.4 Å². The molecule has 1 saturated heterocycles. The third-order valence-corrected chi connectivity index (χ3v) is 12.1. The maximum atomic E-state index is 13.7. The molecular formula is C46H88NO13P. The minimum absolute atomic E-state index is 0.209. The van der Waals surface area contributed by atoms with Crippen molar-refractivity contribution in [2.24, 2.45) is 0 Å². The van der Waals surface area contributed by atoms with Gasteiger partial charge in [0.05, 0.1) is 25.6 Å². The van der Waals surface area contributed by atoms with Crippen LogP contribution in [0.25, 0.3) is 0 Å². The number of nitrogens with one attached hydrogen (secondary N) is 1. The van der Waals surface area contributed by atoms with E-state index in [1.165, 1.54) is 89.9 Å². The highest BCUT2D eigenvalue weighted by atomic mass is 31.2. The molecule has 1 fully saturated rings. The lowest BCUT2D eigenvalue weighted by Crippen LogP contribution is -2.65. The number of carbonyl (C=O) groups excluding carboxylic acids is 3. The van der Waals surface area contributed by atoms with Crippen molar-refractivity contribution in [2.75, 3.05) is 6.61 Å². The predicted molar refractivity (Wildman–Crippen MR) is 237 cm³/mol. The number of ether oxygens (including phenoxy) is 3. The number of unbranched alkanes of at least 4 members (excludes halogenated alkanes) is 24. The van der Waals surface area contributed by atoms with E-state index in [1.807, 2.05) is 0 Å². The summed E-state index contributed by atoms with van der Waals surface area (Å²) in [6, 6.07) is -1.58. The van der Waals surface area contributed by atoms with Crippen molar-refractivity contribution in [3.63, 3.8) is 0 Å². The van der Waals surface area contributed by atoms with Crippen molar-refractivity contribution < 1.29 is 62.8 Å². The molecule has 0 saturated carbocycles. The number of esters is 2. The summed E-state index contributed by atoms with van der Waals surface area (Å²) in [6.07, 6.45) is 20.9. The van der Waals surface area contributed by atoms with Crippen molar-refractivity contribution in [1.82, 2.24) is 5.32 Å². The fourth-order valence-corrected chi connectivity index (χ4v) is 8.57. The molecule has 61 heavy (non-hydrogen) atoms. The molecule has 360 valence electrons. The van der Waals surface area contributed by atoms with Crippen LogP contribution in [0.4, 0.5) is 0 Å². The highest BCUT2D eigenvalue weighted by Gasteiger charge is 2.51. The molecule has 1 rings (SSSR count). The van der Waals surface area contributed by atoms with E-state index in [0.717, 1.165) is 70.6 Å². The molecule has 0 aromatic heterocycles. The molecule has 1 heterocycles. The third-order valence-electron chi connectivity index (χ3n) is 11.6. The highest BCUT2D eigenvalue weighted by molar-refractivity contribution is 7.46. The van der Waals surface area contributed by atoms with Crippen LogP contribution in [0.2, 0.25) is 0 Å². The average molecular weight is 894 g/mol. The number of rotatable bonds is 40. The smallest absolute Gasteiger partial charge is 0.462 e. The summed E-state index contributed by atoms with van der Waals surface area (Å²) in [5.41, 5.74) is 0. The Morgan fingerprint density at radius 1 is 0.623 bits per heavy atom. The molecule has 0 spiro atoms. The van der Waals surface area contributed by atoms with Gasteiger partial charge in [0.2, 0.25) is 5.91 Å². The lowest BCUT2D eigenvalue weighted by molar-refractivity contribution is -0.256. The van der Waals surface area contributed by atoms with Crippen LogP contribution in [0.3, 0.4) is 0 Å². The van der Waals surface area contributed by atoms with Crippen LogP contribution in [-0.4, -0.2) is 92.4 Å². The Hall–Kier alpha value is -1.64. The number of hydrogen-bond acceptors (Lipinski definition) is 11. The molecule has 0 bridgehead atoms. The molecule has 1 amide bonds. The Labute approximate surface area is 368 Å². The zero-order valence-electron chi connectivity index (χ0n) is 38.3. The van der Waals surface area contributed by atoms with Crippen LogP contribution in [0, 0.1) is 0 Å². The fraction of sp³-hybridized carbons (Fsp3) is 0.935. The van der Waals surface area contributed by atoms with Crippen LogP contribution < -0.4 is 5.32 Å². The van der Waals surface area contributed by atoms with Gasteiger partial charge in [0.1, 0.15) is 24.4 Å². The molecule has 0 radical (unpaired) electrons. The topological polar surface area (TPSA) is 218 Å². The SMILES string of the molecule is CCCCCCCCCCCC(=O)O[C@H](CCCCCCCCCCC)CC(=O)O[C@@H]1C(NC(=O)C[C@H](O)CCCCCCCCCCC)[C@H](O)OC(CO)[C@H]1OP(=O)(O)O. The quantitative estimate of drug-likeness (QED) is 0.0192. The molecule has 0 aromatic carbocycles. The Balaban J connectivity index is 2.97. The van der Waals surface area contributed by atoms with Crippen LogP contribution in [-0.2, 0) is 37.7 Å². The van der Waals surface area contributed by atoms with Gasteiger partial charge in [-0.25, -0.2) is 4.57 Å². The van der Waals surface area contributed by atoms with E-state index in [4.69, 9.17) is 18.7 Å². The van der Waals surface area contributed by atoms with Crippen LogP contribution in [0.15, 0.2) is 0 Å². The van der Waals surface area contributed by atoms with Gasteiger partial charge in [-0.1, -0.05) is 181 Å². The number of aliphatic hydroxyl groups is 3. The van der Waals surface area contributed by atoms with E-state index >= 15 is 0 Å². The van der Waals surface area contributed by atoms with Crippen LogP contribution >= 0.6 is 7.82 Å². The Bertz CT molecular complexity index is 1160. The Morgan fingerprint density at radius 2 is 1.07 bits per heavy atom. The molecule has 0 aliphatic carbocycles. The standard InChI is InChI=1S/C46H88NO13P/c1-4-7-10-13-16-19-22-25-28-31-37(49)34-40(50)47-43-45(44(60-61(54,55)56)39(36-48)58-46(43)53)59-42(52)35-38(32-29-26-23-20-17-14-11-8-5-2)57-41(51)33-30-27-24-21-18-15-12-9-6-3/h37-39,43-46,48-49,53H,4-36H2,1-3H3,(H,47,50)(H2,54,55,56)/t37-,38-,39?,43?,44-,45-,46-/m1/s1. The monoisotopic (exact) mass is 894 g/mol. The molecule has 15 heteroatoms. The van der Waals surface area contributed by atoms with Crippen molar-refractivity contribution in [1.29, 1.82) is 0 Å². The number of amides is 1. The lowest BCUT2D eigenvalue weighted by Gasteiger charge is -2.43. The second-order valence-electron chi connectivity index (χ2n) is 17.3. The van der Waals surface area contributed by atoms with Gasteiger partial charge in [-0.3, -0.25) is 18.9 Å². The van der Waals surface area contributed by atoms with E-state index in [9.17, 15) is 44.1 Å². The second-order valence-corrected chi connectivity index (χ2v) is 18.5. The number of aliphatic hydroxyl groups excluding tert-OH is 3. The van der Waals surface area contributed by atoms with Gasteiger partial charge < -0.3 is 44.6 Å². The first-order chi connectivity index (χ1) is 29.3. The zero-order valence-corrected chi connectivity index (χ0v) is 39.2. The van der Waals surface area contributed by atoms with Crippen LogP contribution in [0.5, 0.6) is 0 Å². The summed E-state index contributed by atoms with van der Waals surface area (Å²) < 4.78 is 34.0. The first-order valence-electron chi connectivity index (χ1n) is 24.4. The van der Waals surface area contributed by atoms with Gasteiger partial charge >= 0.3 is 19.8 Å². The van der Waals surface area contributed by atoms with Crippen molar-refractivity contribution >= 4 is 25.7 Å². The second kappa shape index (κ2) is 36.7. The highest BCUT2D eigenvalue weighted by Crippen LogP contribution is 2.42. The van der Waals surface area contributed by atoms with E-state index in [1.54, 1.807) is 0 Å². The fourth-order valence-electron chi connectivity index (χ4n) is 7.99. The van der Waals surface area contributed by atoms with Gasteiger partial charge in [0.25, 0.3) is 0 Å². The molecule has 1 aliphatic heterocycles. The molecular weight excluding hydrogens is 805 g/mol. The average Bonchev–Trinajstić information content (AvgIpc) is 3.20. The summed E-state index contributed by atoms with van der Waals surface area (Å²) in [5, 5.41) is 34.1. The predicted octanol–water partition coefficient (Wildman–Crippen LogP) is 9.39. The van der Waals surface area contributed by atoms with E-state index < -0.39 is 81.5 Å². The van der Waals surface area contributed by atoms with Crippen molar-refractivity contribution in [3.8, 4) is 0 Å². The first-order valence-corrected chi connectivity index (χ1v) is 25.9. The van der Waals surface area contributed by atoms with E-state index in [2.05, 4.69) is 26.1 Å². The molecule has 7 atom stereocenters. The van der Waals surface area contributed by atoms with Crippen molar-refractivity contribution in [3.05, 3.63) is 0 Å². The summed E-state index contributed by atoms with van der Waals surface area (Å²) in [7, 11) is -5.29. The number of hydrogen-bond donors (Lipinski definition) is 6. The van der Waals surface area contributed by atoms with E-state index in [0.29, 0.717) is 25.7 Å². The van der Waals surface area contributed by atoms with Gasteiger partial charge in [0, 0.05) is 6.42 Å². The molecule has 2 unspecified atom stereocenters. The minimum atomic E-state index is -5.29. The summed E-state index contributed by atoms with van der Waals surface area (Å²) in [4.78, 5) is 59.4. The number of carbonyl (C=O) groups is 3.